The molecule has 2 heterocycles. The predicted octanol–water partition coefficient (Wildman–Crippen LogP) is 0.610. The van der Waals surface area contributed by atoms with E-state index in [1.54, 1.807) is 9.58 Å². The quantitative estimate of drug-likeness (QED) is 0.758. The highest BCUT2D eigenvalue weighted by atomic mass is 16.5. The number of carbonyl (C=O) groups excluding carboxylic acids is 1. The smallest absolute Gasteiger partial charge is 0.409 e. The Labute approximate surface area is 94.0 Å². The van der Waals surface area contributed by atoms with E-state index in [1.165, 1.54) is 7.11 Å². The summed E-state index contributed by atoms with van der Waals surface area (Å²) in [6.45, 7) is 3.87. The van der Waals surface area contributed by atoms with Crippen molar-refractivity contribution in [2.45, 2.75) is 26.4 Å². The van der Waals surface area contributed by atoms with Gasteiger partial charge in [-0.05, 0) is 6.92 Å². The van der Waals surface area contributed by atoms with Gasteiger partial charge in [-0.3, -0.25) is 0 Å². The van der Waals surface area contributed by atoms with E-state index in [0.29, 0.717) is 18.9 Å². The first kappa shape index (κ1) is 10.8. The van der Waals surface area contributed by atoms with Crippen LogP contribution in [-0.4, -0.2) is 34.4 Å². The summed E-state index contributed by atoms with van der Waals surface area (Å²) < 4.78 is 6.47. The van der Waals surface area contributed by atoms with E-state index in [4.69, 9.17) is 10.5 Å². The van der Waals surface area contributed by atoms with Gasteiger partial charge < -0.3 is 15.4 Å². The fourth-order valence-corrected chi connectivity index (χ4v) is 1.97. The predicted molar refractivity (Wildman–Crippen MR) is 58.8 cm³/mol. The molecule has 1 aromatic rings. The molecule has 0 saturated carbocycles. The molecule has 2 rings (SSSR count). The molecule has 1 amide bonds. The highest BCUT2D eigenvalue weighted by Crippen LogP contribution is 2.24. The summed E-state index contributed by atoms with van der Waals surface area (Å²) in [5.74, 6) is 0.658. The maximum absolute atomic E-state index is 11.4. The largest absolute Gasteiger partial charge is 0.453 e. The summed E-state index contributed by atoms with van der Waals surface area (Å²) in [6, 6.07) is 0. The Balaban J connectivity index is 2.26. The van der Waals surface area contributed by atoms with Crippen molar-refractivity contribution in [3.8, 4) is 0 Å². The average molecular weight is 224 g/mol. The van der Waals surface area contributed by atoms with Gasteiger partial charge in [0.1, 0.15) is 5.82 Å². The number of anilines is 1. The molecule has 0 atom stereocenters. The summed E-state index contributed by atoms with van der Waals surface area (Å²) in [5, 5.41) is 4.40. The highest BCUT2D eigenvalue weighted by Gasteiger charge is 2.26. The summed E-state index contributed by atoms with van der Waals surface area (Å²) in [5.41, 5.74) is 7.92. The van der Waals surface area contributed by atoms with Gasteiger partial charge in [0.05, 0.1) is 19.3 Å². The second-order valence-electron chi connectivity index (χ2n) is 3.77. The molecule has 2 N–H and O–H groups in total. The first-order valence-electron chi connectivity index (χ1n) is 5.34. The number of hydrogen-bond acceptors (Lipinski definition) is 4. The second-order valence-corrected chi connectivity index (χ2v) is 3.77. The van der Waals surface area contributed by atoms with Gasteiger partial charge >= 0.3 is 6.09 Å². The van der Waals surface area contributed by atoms with Crippen LogP contribution in [-0.2, 0) is 24.2 Å². The Morgan fingerprint density at radius 2 is 2.38 bits per heavy atom. The number of rotatable bonds is 1. The molecule has 0 radical (unpaired) electrons. The molecule has 0 fully saturated rings. The number of hydrogen-bond donors (Lipinski definition) is 1. The van der Waals surface area contributed by atoms with Gasteiger partial charge in [-0.1, -0.05) is 0 Å². The van der Waals surface area contributed by atoms with Crippen LogP contribution < -0.4 is 5.73 Å². The van der Waals surface area contributed by atoms with Crippen LogP contribution in [0.15, 0.2) is 0 Å². The first-order chi connectivity index (χ1) is 7.67. The Kier molecular flexibility index (Phi) is 2.72. The average Bonchev–Trinajstić information content (AvgIpc) is 2.64. The lowest BCUT2D eigenvalue weighted by molar-refractivity contribution is 0.118. The minimum absolute atomic E-state index is 0.311. The third kappa shape index (κ3) is 1.60. The SMILES string of the molecule is CCn1nc2c(c1N)CN(C(=O)OC)CC2. The summed E-state index contributed by atoms with van der Waals surface area (Å²) >= 11 is 0. The summed E-state index contributed by atoms with van der Waals surface area (Å²) in [4.78, 5) is 13.0. The van der Waals surface area contributed by atoms with Crippen molar-refractivity contribution in [2.24, 2.45) is 0 Å². The van der Waals surface area contributed by atoms with Crippen molar-refractivity contribution in [2.75, 3.05) is 19.4 Å². The Morgan fingerprint density at radius 1 is 1.62 bits per heavy atom. The molecule has 0 aliphatic carbocycles. The van der Waals surface area contributed by atoms with Gasteiger partial charge in [-0.25, -0.2) is 9.48 Å². The van der Waals surface area contributed by atoms with Crippen molar-refractivity contribution in [3.63, 3.8) is 0 Å². The van der Waals surface area contributed by atoms with Gasteiger partial charge in [-0.15, -0.1) is 0 Å². The minimum Gasteiger partial charge on any atom is -0.453 e. The summed E-state index contributed by atoms with van der Waals surface area (Å²) in [7, 11) is 1.39. The van der Waals surface area contributed by atoms with E-state index >= 15 is 0 Å². The van der Waals surface area contributed by atoms with E-state index in [-0.39, 0.29) is 6.09 Å². The Hall–Kier alpha value is -1.72. The normalized spacial score (nSPS) is 14.8. The van der Waals surface area contributed by atoms with Crippen molar-refractivity contribution in [3.05, 3.63) is 11.3 Å². The monoisotopic (exact) mass is 224 g/mol. The zero-order valence-corrected chi connectivity index (χ0v) is 9.56. The number of ether oxygens (including phenoxy) is 1. The van der Waals surface area contributed by atoms with E-state index in [0.717, 1.165) is 24.2 Å². The van der Waals surface area contributed by atoms with Crippen LogP contribution in [0, 0.1) is 0 Å². The number of nitrogen functional groups attached to an aromatic ring is 1. The molecule has 88 valence electrons. The fraction of sp³-hybridized carbons (Fsp3) is 0.600. The topological polar surface area (TPSA) is 73.4 Å². The zero-order valence-electron chi connectivity index (χ0n) is 9.56. The fourth-order valence-electron chi connectivity index (χ4n) is 1.97. The van der Waals surface area contributed by atoms with Crippen LogP contribution in [0.1, 0.15) is 18.2 Å². The number of amides is 1. The number of aromatic nitrogens is 2. The number of nitrogens with two attached hydrogens (primary N) is 1. The van der Waals surface area contributed by atoms with E-state index in [1.807, 2.05) is 6.92 Å². The van der Waals surface area contributed by atoms with Crippen molar-refractivity contribution < 1.29 is 9.53 Å². The van der Waals surface area contributed by atoms with Crippen LogP contribution in [0.4, 0.5) is 10.6 Å². The molecule has 16 heavy (non-hydrogen) atoms. The highest BCUT2D eigenvalue weighted by molar-refractivity contribution is 5.68. The first-order valence-corrected chi connectivity index (χ1v) is 5.34. The number of aryl methyl sites for hydroxylation is 1. The molecule has 0 saturated heterocycles. The molecule has 0 bridgehead atoms. The lowest BCUT2D eigenvalue weighted by atomic mass is 10.1. The van der Waals surface area contributed by atoms with Crippen molar-refractivity contribution >= 4 is 11.9 Å². The van der Waals surface area contributed by atoms with E-state index in [2.05, 4.69) is 5.10 Å². The maximum atomic E-state index is 11.4. The number of fused-ring (bicyclic) bond motifs is 1. The van der Waals surface area contributed by atoms with Crippen molar-refractivity contribution in [1.82, 2.24) is 14.7 Å². The van der Waals surface area contributed by atoms with Gasteiger partial charge in [0.25, 0.3) is 0 Å². The second kappa shape index (κ2) is 4.03. The van der Waals surface area contributed by atoms with Crippen LogP contribution in [0.2, 0.25) is 0 Å². The van der Waals surface area contributed by atoms with E-state index in [9.17, 15) is 4.79 Å². The van der Waals surface area contributed by atoms with Gasteiger partial charge in [0.15, 0.2) is 0 Å². The van der Waals surface area contributed by atoms with Gasteiger partial charge in [0.2, 0.25) is 0 Å². The zero-order chi connectivity index (χ0) is 11.7. The van der Waals surface area contributed by atoms with Gasteiger partial charge in [-0.2, -0.15) is 5.10 Å². The molecule has 1 aliphatic rings. The van der Waals surface area contributed by atoms with Crippen LogP contribution in [0.3, 0.4) is 0 Å². The number of carbonyl (C=O) groups is 1. The molecule has 0 aromatic carbocycles. The van der Waals surface area contributed by atoms with Crippen LogP contribution >= 0.6 is 0 Å². The molecule has 1 aromatic heterocycles. The lowest BCUT2D eigenvalue weighted by Crippen LogP contribution is -2.35. The third-order valence-corrected chi connectivity index (χ3v) is 2.88. The van der Waals surface area contributed by atoms with Gasteiger partial charge in [0, 0.05) is 25.1 Å². The standard InChI is InChI=1S/C10H16N4O2/c1-3-14-9(11)7-6-13(10(15)16-2)5-4-8(7)12-14/h3-6,11H2,1-2H3. The lowest BCUT2D eigenvalue weighted by Gasteiger charge is -2.24. The molecule has 6 nitrogen and oxygen atoms in total. The van der Waals surface area contributed by atoms with Crippen LogP contribution in [0.5, 0.6) is 0 Å². The molecule has 0 spiro atoms. The molecule has 6 heteroatoms. The van der Waals surface area contributed by atoms with Crippen LogP contribution in [0.25, 0.3) is 0 Å². The van der Waals surface area contributed by atoms with Crippen molar-refractivity contribution in [1.29, 1.82) is 0 Å². The summed E-state index contributed by atoms with van der Waals surface area (Å²) in [6.07, 6.45) is 0.427. The Morgan fingerprint density at radius 3 is 3.00 bits per heavy atom. The Bertz CT molecular complexity index is 413. The maximum Gasteiger partial charge on any atom is 0.409 e. The molecule has 1 aliphatic heterocycles. The third-order valence-electron chi connectivity index (χ3n) is 2.88. The molecular formula is C10H16N4O2. The molecule has 0 unspecified atom stereocenters. The molecular weight excluding hydrogens is 208 g/mol. The van der Waals surface area contributed by atoms with E-state index < -0.39 is 0 Å². The number of nitrogens with zero attached hydrogens (tertiary/aromatic N) is 3. The minimum atomic E-state index is -0.311. The number of methoxy groups -OCH3 is 1.